The first-order valence-corrected chi connectivity index (χ1v) is 8.90. The molecule has 0 bridgehead atoms. The van der Waals surface area contributed by atoms with Crippen molar-refractivity contribution >= 4 is 5.91 Å². The van der Waals surface area contributed by atoms with Gasteiger partial charge in [0, 0.05) is 32.2 Å². The third-order valence-corrected chi connectivity index (χ3v) is 5.92. The Kier molecular flexibility index (Phi) is 5.70. The Hall–Kier alpha value is -1.12. The molecule has 1 saturated carbocycles. The number of nitrogens with zero attached hydrogens (tertiary/aromatic N) is 4. The smallest absolute Gasteiger partial charge is 0.236 e. The normalized spacial score (nSPS) is 23.7. The lowest BCUT2D eigenvalue weighted by Crippen LogP contribution is -2.54. The van der Waals surface area contributed by atoms with Crippen molar-refractivity contribution in [2.24, 2.45) is 11.3 Å². The van der Waals surface area contributed by atoms with E-state index in [-0.39, 0.29) is 11.9 Å². The van der Waals surface area contributed by atoms with E-state index < -0.39 is 0 Å². The molecular formula is C18H32N4O. The van der Waals surface area contributed by atoms with Crippen LogP contribution in [0.1, 0.15) is 40.5 Å². The fraction of sp³-hybridized carbons (Fsp3) is 0.889. The number of carbonyl (C=O) groups is 1. The molecule has 0 aromatic rings. The van der Waals surface area contributed by atoms with Gasteiger partial charge in [0.2, 0.25) is 5.91 Å². The molecule has 0 aromatic carbocycles. The summed E-state index contributed by atoms with van der Waals surface area (Å²) in [5.41, 5.74) is 0.408. The molecule has 5 heteroatoms. The number of piperazine rings is 1. The summed E-state index contributed by atoms with van der Waals surface area (Å²) in [4.78, 5) is 18.9. The first kappa shape index (κ1) is 18.2. The van der Waals surface area contributed by atoms with E-state index in [1.165, 1.54) is 12.8 Å². The molecule has 0 radical (unpaired) electrons. The van der Waals surface area contributed by atoms with Crippen LogP contribution in [0, 0.1) is 22.7 Å². The second-order valence-corrected chi connectivity index (χ2v) is 7.98. The maximum absolute atomic E-state index is 12.5. The van der Waals surface area contributed by atoms with Crippen LogP contribution < -0.4 is 0 Å². The maximum Gasteiger partial charge on any atom is 0.236 e. The summed E-state index contributed by atoms with van der Waals surface area (Å²) in [6.45, 7) is 12.3. The molecule has 1 heterocycles. The monoisotopic (exact) mass is 320 g/mol. The van der Waals surface area contributed by atoms with Gasteiger partial charge in [-0.15, -0.1) is 0 Å². The van der Waals surface area contributed by atoms with Crippen molar-refractivity contribution in [1.29, 1.82) is 5.26 Å². The molecule has 0 spiro atoms. The van der Waals surface area contributed by atoms with Crippen molar-refractivity contribution in [2.45, 2.75) is 52.6 Å². The summed E-state index contributed by atoms with van der Waals surface area (Å²) in [5, 5.41) is 9.31. The predicted molar refractivity (Wildman–Crippen MR) is 91.8 cm³/mol. The minimum absolute atomic E-state index is 0.0373. The topological polar surface area (TPSA) is 50.6 Å². The Bertz CT molecular complexity index is 458. The van der Waals surface area contributed by atoms with Crippen LogP contribution in [0.5, 0.6) is 0 Å². The summed E-state index contributed by atoms with van der Waals surface area (Å²) in [5.74, 6) is 0.551. The Morgan fingerprint density at radius 3 is 2.22 bits per heavy atom. The van der Waals surface area contributed by atoms with Gasteiger partial charge in [-0.05, 0) is 38.1 Å². The fourth-order valence-electron chi connectivity index (χ4n) is 3.50. The summed E-state index contributed by atoms with van der Waals surface area (Å²) < 4.78 is 0. The molecule has 1 amide bonds. The van der Waals surface area contributed by atoms with Crippen molar-refractivity contribution in [2.75, 3.05) is 39.8 Å². The van der Waals surface area contributed by atoms with Crippen LogP contribution in [0.2, 0.25) is 0 Å². The lowest BCUT2D eigenvalue weighted by Gasteiger charge is -2.39. The summed E-state index contributed by atoms with van der Waals surface area (Å²) >= 11 is 0. The Morgan fingerprint density at radius 2 is 1.78 bits per heavy atom. The third-order valence-electron chi connectivity index (χ3n) is 5.92. The number of carbonyl (C=O) groups excluding carboxylic acids is 1. The number of nitriles is 1. The predicted octanol–water partition coefficient (Wildman–Crippen LogP) is 1.80. The molecule has 0 unspecified atom stereocenters. The van der Waals surface area contributed by atoms with Crippen molar-refractivity contribution in [3.8, 4) is 6.07 Å². The molecule has 1 saturated heterocycles. The van der Waals surface area contributed by atoms with Crippen molar-refractivity contribution in [3.05, 3.63) is 0 Å². The largest absolute Gasteiger partial charge is 0.339 e. The van der Waals surface area contributed by atoms with Crippen LogP contribution in [0.3, 0.4) is 0 Å². The summed E-state index contributed by atoms with van der Waals surface area (Å²) in [6.07, 6.45) is 2.55. The van der Waals surface area contributed by atoms with Crippen LogP contribution >= 0.6 is 0 Å². The number of likely N-dealkylation sites (N-methyl/N-ethyl adjacent to an activating group) is 1. The number of hydrogen-bond acceptors (Lipinski definition) is 4. The SMILES string of the molecule is CC(C)[C@H](C#N)N1CCN(C(=O)CN(C)[C@@H](C)C2(C)CC2)CC1. The molecule has 1 aliphatic heterocycles. The highest BCUT2D eigenvalue weighted by Gasteiger charge is 2.44. The first-order valence-electron chi connectivity index (χ1n) is 8.90. The van der Waals surface area contributed by atoms with Crippen LogP contribution in [-0.2, 0) is 4.79 Å². The van der Waals surface area contributed by atoms with E-state index in [2.05, 4.69) is 50.6 Å². The molecular weight excluding hydrogens is 288 g/mol. The standard InChI is InChI=1S/C18H32N4O/c1-14(2)16(12-19)21-8-10-22(11-9-21)17(23)13-20(5)15(3)18(4)6-7-18/h14-16H,6-11,13H2,1-5H3/t15-,16-/m0/s1. The molecule has 2 atom stereocenters. The van der Waals surface area contributed by atoms with E-state index in [0.29, 0.717) is 23.9 Å². The van der Waals surface area contributed by atoms with Gasteiger partial charge in [0.15, 0.2) is 0 Å². The Morgan fingerprint density at radius 1 is 1.22 bits per heavy atom. The van der Waals surface area contributed by atoms with Gasteiger partial charge in [0.05, 0.1) is 12.6 Å². The van der Waals surface area contributed by atoms with Gasteiger partial charge in [-0.25, -0.2) is 0 Å². The molecule has 23 heavy (non-hydrogen) atoms. The molecule has 2 aliphatic rings. The second kappa shape index (κ2) is 7.19. The highest BCUT2D eigenvalue weighted by atomic mass is 16.2. The van der Waals surface area contributed by atoms with Crippen molar-refractivity contribution in [3.63, 3.8) is 0 Å². The Balaban J connectivity index is 1.80. The Labute approximate surface area is 141 Å². The van der Waals surface area contributed by atoms with Crippen molar-refractivity contribution < 1.29 is 4.79 Å². The van der Waals surface area contributed by atoms with Crippen LogP contribution in [-0.4, -0.2) is 72.5 Å². The highest BCUT2D eigenvalue weighted by molar-refractivity contribution is 5.78. The first-order chi connectivity index (χ1) is 10.8. The van der Waals surface area contributed by atoms with Gasteiger partial charge in [-0.2, -0.15) is 5.26 Å². The van der Waals surface area contributed by atoms with E-state index in [0.717, 1.165) is 26.2 Å². The molecule has 0 aromatic heterocycles. The molecule has 1 aliphatic carbocycles. The van der Waals surface area contributed by atoms with Crippen LogP contribution in [0.15, 0.2) is 0 Å². The van der Waals surface area contributed by atoms with E-state index in [1.54, 1.807) is 0 Å². The average Bonchev–Trinajstić information content (AvgIpc) is 3.26. The summed E-state index contributed by atoms with van der Waals surface area (Å²) in [7, 11) is 2.06. The van der Waals surface area contributed by atoms with Crippen molar-refractivity contribution in [1.82, 2.24) is 14.7 Å². The van der Waals surface area contributed by atoms with Gasteiger partial charge in [-0.1, -0.05) is 20.8 Å². The van der Waals surface area contributed by atoms with Gasteiger partial charge in [-0.3, -0.25) is 14.6 Å². The molecule has 0 N–H and O–H groups in total. The number of amides is 1. The van der Waals surface area contributed by atoms with Gasteiger partial charge in [0.1, 0.15) is 6.04 Å². The lowest BCUT2D eigenvalue weighted by atomic mass is 9.99. The van der Waals surface area contributed by atoms with Crippen LogP contribution in [0.4, 0.5) is 0 Å². The second-order valence-electron chi connectivity index (χ2n) is 7.98. The highest BCUT2D eigenvalue weighted by Crippen LogP contribution is 2.49. The van der Waals surface area contributed by atoms with Crippen LogP contribution in [0.25, 0.3) is 0 Å². The van der Waals surface area contributed by atoms with Gasteiger partial charge < -0.3 is 4.90 Å². The fourth-order valence-corrected chi connectivity index (χ4v) is 3.50. The minimum atomic E-state index is -0.0373. The zero-order chi connectivity index (χ0) is 17.2. The van der Waals surface area contributed by atoms with E-state index in [4.69, 9.17) is 0 Å². The van der Waals surface area contributed by atoms with Gasteiger partial charge in [0.25, 0.3) is 0 Å². The molecule has 5 nitrogen and oxygen atoms in total. The average molecular weight is 320 g/mol. The minimum Gasteiger partial charge on any atom is -0.339 e. The lowest BCUT2D eigenvalue weighted by molar-refractivity contribution is -0.134. The van der Waals surface area contributed by atoms with E-state index in [1.807, 2.05) is 4.90 Å². The zero-order valence-electron chi connectivity index (χ0n) is 15.4. The summed E-state index contributed by atoms with van der Waals surface area (Å²) in [6, 6.07) is 2.82. The van der Waals surface area contributed by atoms with E-state index >= 15 is 0 Å². The zero-order valence-corrected chi connectivity index (χ0v) is 15.4. The number of hydrogen-bond donors (Lipinski definition) is 0. The third kappa shape index (κ3) is 4.24. The molecule has 2 rings (SSSR count). The molecule has 2 fully saturated rings. The van der Waals surface area contributed by atoms with Gasteiger partial charge >= 0.3 is 0 Å². The maximum atomic E-state index is 12.5. The quantitative estimate of drug-likeness (QED) is 0.749. The molecule has 130 valence electrons. The number of rotatable bonds is 6. The van der Waals surface area contributed by atoms with E-state index in [9.17, 15) is 10.1 Å².